The zero-order valence-electron chi connectivity index (χ0n) is 14.0. The molecule has 1 aliphatic heterocycles. The van der Waals surface area contributed by atoms with Gasteiger partial charge in [0.1, 0.15) is 5.65 Å². The SMILES string of the molecule is CC(=O)N1CCC[C@H](c2cccc(-c3cnc4ccc(Cl)cn34)n2)C1. The Labute approximate surface area is 151 Å². The van der Waals surface area contributed by atoms with Gasteiger partial charge in [-0.15, -0.1) is 0 Å². The molecule has 0 saturated carbocycles. The third-order valence-electron chi connectivity index (χ3n) is 4.79. The number of likely N-dealkylation sites (tertiary alicyclic amines) is 1. The smallest absolute Gasteiger partial charge is 0.219 e. The Hall–Kier alpha value is -2.40. The standard InChI is InChI=1S/C19H19ClN4O/c1-13(25)23-9-3-4-14(11-23)16-5-2-6-17(22-16)18-10-21-19-8-7-15(20)12-24(18)19/h2,5-8,10,12,14H,3-4,9,11H2,1H3/t14-/m0/s1. The monoisotopic (exact) mass is 354 g/mol. The molecule has 3 aromatic rings. The van der Waals surface area contributed by atoms with Gasteiger partial charge in [0, 0.05) is 37.8 Å². The van der Waals surface area contributed by atoms with Crippen molar-refractivity contribution in [2.75, 3.05) is 13.1 Å². The number of hydrogen-bond acceptors (Lipinski definition) is 3. The van der Waals surface area contributed by atoms with Gasteiger partial charge >= 0.3 is 0 Å². The van der Waals surface area contributed by atoms with Crippen molar-refractivity contribution in [2.24, 2.45) is 0 Å². The first-order valence-corrected chi connectivity index (χ1v) is 8.85. The van der Waals surface area contributed by atoms with Gasteiger partial charge in [0.05, 0.1) is 22.6 Å². The Bertz CT molecular complexity index is 936. The number of aromatic nitrogens is 3. The summed E-state index contributed by atoms with van der Waals surface area (Å²) in [4.78, 5) is 22.9. The van der Waals surface area contributed by atoms with Crippen molar-refractivity contribution in [1.82, 2.24) is 19.3 Å². The molecule has 1 aliphatic rings. The first kappa shape index (κ1) is 16.1. The molecular formula is C19H19ClN4O. The van der Waals surface area contributed by atoms with E-state index in [1.165, 1.54) is 0 Å². The van der Waals surface area contributed by atoms with E-state index < -0.39 is 0 Å². The molecule has 0 spiro atoms. The third-order valence-corrected chi connectivity index (χ3v) is 5.01. The van der Waals surface area contributed by atoms with Gasteiger partial charge in [-0.1, -0.05) is 17.7 Å². The number of carbonyl (C=O) groups excluding carboxylic acids is 1. The van der Waals surface area contributed by atoms with Crippen LogP contribution in [0.1, 0.15) is 31.4 Å². The molecule has 3 aromatic heterocycles. The molecule has 0 bridgehead atoms. The minimum absolute atomic E-state index is 0.136. The zero-order valence-corrected chi connectivity index (χ0v) is 14.8. The van der Waals surface area contributed by atoms with Crippen LogP contribution >= 0.6 is 11.6 Å². The molecule has 0 aromatic carbocycles. The topological polar surface area (TPSA) is 50.5 Å². The highest BCUT2D eigenvalue weighted by Crippen LogP contribution is 2.28. The molecule has 1 fully saturated rings. The molecule has 0 radical (unpaired) electrons. The number of hydrogen-bond donors (Lipinski definition) is 0. The van der Waals surface area contributed by atoms with Crippen molar-refractivity contribution in [3.05, 3.63) is 53.4 Å². The Morgan fingerprint density at radius 3 is 3.00 bits per heavy atom. The maximum atomic E-state index is 11.7. The molecule has 4 heterocycles. The number of nitrogens with zero attached hydrogens (tertiary/aromatic N) is 4. The molecule has 0 unspecified atom stereocenters. The van der Waals surface area contributed by atoms with Crippen LogP contribution in [0.3, 0.4) is 0 Å². The van der Waals surface area contributed by atoms with E-state index in [4.69, 9.17) is 16.6 Å². The Kier molecular flexibility index (Phi) is 4.17. The lowest BCUT2D eigenvalue weighted by atomic mass is 9.94. The number of imidazole rings is 1. The normalized spacial score (nSPS) is 17.8. The number of halogens is 1. The summed E-state index contributed by atoms with van der Waals surface area (Å²) >= 11 is 6.13. The van der Waals surface area contributed by atoms with Crippen LogP contribution in [-0.2, 0) is 4.79 Å². The number of rotatable bonds is 2. The highest BCUT2D eigenvalue weighted by atomic mass is 35.5. The van der Waals surface area contributed by atoms with Gasteiger partial charge in [-0.3, -0.25) is 14.2 Å². The molecular weight excluding hydrogens is 336 g/mol. The van der Waals surface area contributed by atoms with E-state index in [0.717, 1.165) is 48.7 Å². The van der Waals surface area contributed by atoms with Crippen molar-refractivity contribution >= 4 is 23.2 Å². The third kappa shape index (κ3) is 3.12. The van der Waals surface area contributed by atoms with Gasteiger partial charge in [-0.25, -0.2) is 4.98 Å². The van der Waals surface area contributed by atoms with Crippen molar-refractivity contribution in [3.8, 4) is 11.4 Å². The van der Waals surface area contributed by atoms with Crippen LogP contribution in [-0.4, -0.2) is 38.3 Å². The van der Waals surface area contributed by atoms with Crippen LogP contribution in [0.25, 0.3) is 17.0 Å². The van der Waals surface area contributed by atoms with E-state index >= 15 is 0 Å². The number of carbonyl (C=O) groups is 1. The zero-order chi connectivity index (χ0) is 17.4. The van der Waals surface area contributed by atoms with E-state index in [-0.39, 0.29) is 11.8 Å². The molecule has 1 saturated heterocycles. The predicted molar refractivity (Wildman–Crippen MR) is 97.7 cm³/mol. The summed E-state index contributed by atoms with van der Waals surface area (Å²) in [6, 6.07) is 9.78. The molecule has 25 heavy (non-hydrogen) atoms. The van der Waals surface area contributed by atoms with Gasteiger partial charge in [0.15, 0.2) is 0 Å². The van der Waals surface area contributed by atoms with Crippen LogP contribution in [0.2, 0.25) is 5.02 Å². The Balaban J connectivity index is 1.69. The predicted octanol–water partition coefficient (Wildman–Crippen LogP) is 3.78. The number of amides is 1. The average molecular weight is 355 g/mol. The van der Waals surface area contributed by atoms with Crippen LogP contribution in [0, 0.1) is 0 Å². The van der Waals surface area contributed by atoms with E-state index in [1.807, 2.05) is 52.0 Å². The van der Waals surface area contributed by atoms with Gasteiger partial charge in [0.2, 0.25) is 5.91 Å². The molecule has 6 heteroatoms. The summed E-state index contributed by atoms with van der Waals surface area (Å²) in [7, 11) is 0. The highest BCUT2D eigenvalue weighted by Gasteiger charge is 2.24. The maximum Gasteiger partial charge on any atom is 0.219 e. The molecule has 1 atom stereocenters. The van der Waals surface area contributed by atoms with E-state index in [1.54, 1.807) is 6.92 Å². The lowest BCUT2D eigenvalue weighted by Crippen LogP contribution is -2.37. The van der Waals surface area contributed by atoms with Crippen molar-refractivity contribution in [1.29, 1.82) is 0 Å². The molecule has 0 aliphatic carbocycles. The second-order valence-electron chi connectivity index (χ2n) is 6.47. The number of pyridine rings is 2. The molecule has 4 rings (SSSR count). The van der Waals surface area contributed by atoms with Crippen LogP contribution in [0.4, 0.5) is 0 Å². The Morgan fingerprint density at radius 2 is 2.16 bits per heavy atom. The molecule has 0 N–H and O–H groups in total. The number of piperidine rings is 1. The summed E-state index contributed by atoms with van der Waals surface area (Å²) in [5.74, 6) is 0.414. The fourth-order valence-electron chi connectivity index (χ4n) is 3.47. The van der Waals surface area contributed by atoms with Crippen molar-refractivity contribution in [3.63, 3.8) is 0 Å². The minimum Gasteiger partial charge on any atom is -0.342 e. The van der Waals surface area contributed by atoms with Gasteiger partial charge in [0.25, 0.3) is 0 Å². The molecule has 5 nitrogen and oxygen atoms in total. The van der Waals surface area contributed by atoms with Gasteiger partial charge in [-0.2, -0.15) is 0 Å². The minimum atomic E-state index is 0.136. The van der Waals surface area contributed by atoms with Crippen molar-refractivity contribution in [2.45, 2.75) is 25.7 Å². The van der Waals surface area contributed by atoms with Crippen LogP contribution < -0.4 is 0 Å². The second kappa shape index (κ2) is 6.48. The molecule has 128 valence electrons. The number of fused-ring (bicyclic) bond motifs is 1. The summed E-state index contributed by atoms with van der Waals surface area (Å²) in [6.45, 7) is 3.22. The van der Waals surface area contributed by atoms with Crippen LogP contribution in [0.15, 0.2) is 42.7 Å². The molecule has 1 amide bonds. The summed E-state index contributed by atoms with van der Waals surface area (Å²) < 4.78 is 1.96. The fourth-order valence-corrected chi connectivity index (χ4v) is 3.63. The summed E-state index contributed by atoms with van der Waals surface area (Å²) in [5, 5.41) is 0.660. The van der Waals surface area contributed by atoms with Crippen LogP contribution in [0.5, 0.6) is 0 Å². The lowest BCUT2D eigenvalue weighted by Gasteiger charge is -2.31. The first-order valence-electron chi connectivity index (χ1n) is 8.47. The highest BCUT2D eigenvalue weighted by molar-refractivity contribution is 6.30. The summed E-state index contributed by atoms with van der Waals surface area (Å²) in [5.41, 5.74) is 3.65. The van der Waals surface area contributed by atoms with Gasteiger partial charge in [-0.05, 0) is 37.1 Å². The first-order chi connectivity index (χ1) is 12.1. The maximum absolute atomic E-state index is 11.7. The fraction of sp³-hybridized carbons (Fsp3) is 0.316. The van der Waals surface area contributed by atoms with Gasteiger partial charge < -0.3 is 4.90 Å². The van der Waals surface area contributed by atoms with E-state index in [9.17, 15) is 4.79 Å². The second-order valence-corrected chi connectivity index (χ2v) is 6.91. The van der Waals surface area contributed by atoms with Crippen molar-refractivity contribution < 1.29 is 4.79 Å². The largest absolute Gasteiger partial charge is 0.342 e. The van der Waals surface area contributed by atoms with E-state index in [2.05, 4.69) is 4.98 Å². The quantitative estimate of drug-likeness (QED) is 0.703. The van der Waals surface area contributed by atoms with E-state index in [0.29, 0.717) is 5.02 Å². The lowest BCUT2D eigenvalue weighted by molar-refractivity contribution is -0.130. The Morgan fingerprint density at radius 1 is 1.28 bits per heavy atom. The average Bonchev–Trinajstić information content (AvgIpc) is 3.05. The summed E-state index contributed by atoms with van der Waals surface area (Å²) in [6.07, 6.45) is 5.74.